The summed E-state index contributed by atoms with van der Waals surface area (Å²) in [4.78, 5) is 26.4. The Hall–Kier alpha value is -3.39. The predicted molar refractivity (Wildman–Crippen MR) is 119 cm³/mol. The van der Waals surface area contributed by atoms with Gasteiger partial charge in [0.1, 0.15) is 6.54 Å². The zero-order valence-electron chi connectivity index (χ0n) is 16.5. The van der Waals surface area contributed by atoms with Gasteiger partial charge in [-0.15, -0.1) is 16.8 Å². The van der Waals surface area contributed by atoms with Crippen molar-refractivity contribution in [1.82, 2.24) is 14.8 Å². The van der Waals surface area contributed by atoms with E-state index >= 15 is 0 Å². The van der Waals surface area contributed by atoms with Gasteiger partial charge in [-0.25, -0.2) is 0 Å². The number of carbonyl (C=O) groups is 2. The number of anilines is 2. The molecule has 0 saturated heterocycles. The number of amides is 2. The van der Waals surface area contributed by atoms with Crippen molar-refractivity contribution in [2.24, 2.45) is 0 Å². The van der Waals surface area contributed by atoms with E-state index in [1.54, 1.807) is 12.1 Å². The predicted octanol–water partition coefficient (Wildman–Crippen LogP) is 3.52. The molecule has 1 aromatic heterocycles. The zero-order valence-corrected chi connectivity index (χ0v) is 17.4. The molecule has 152 valence electrons. The van der Waals surface area contributed by atoms with Crippen LogP contribution in [0.3, 0.4) is 0 Å². The SMILES string of the molecule is C=CCn1c(SCC(=O)N2CC(=O)Nc3ccccc32)nnc1-c1cccc(C)c1. The molecule has 0 unspecified atom stereocenters. The Kier molecular flexibility index (Phi) is 5.67. The monoisotopic (exact) mass is 419 g/mol. The van der Waals surface area contributed by atoms with Crippen LogP contribution < -0.4 is 10.2 Å². The molecular weight excluding hydrogens is 398 g/mol. The topological polar surface area (TPSA) is 80.1 Å². The molecule has 1 aliphatic rings. The largest absolute Gasteiger partial charge is 0.323 e. The number of thioether (sulfide) groups is 1. The summed E-state index contributed by atoms with van der Waals surface area (Å²) in [5.41, 5.74) is 3.44. The number of aryl methyl sites for hydroxylation is 1. The molecule has 0 saturated carbocycles. The lowest BCUT2D eigenvalue weighted by Crippen LogP contribution is -2.43. The van der Waals surface area contributed by atoms with Crippen LogP contribution in [0.25, 0.3) is 11.4 Å². The first kappa shape index (κ1) is 19.9. The maximum absolute atomic E-state index is 12.9. The van der Waals surface area contributed by atoms with Crippen molar-refractivity contribution < 1.29 is 9.59 Å². The zero-order chi connectivity index (χ0) is 21.1. The number of aromatic nitrogens is 3. The van der Waals surface area contributed by atoms with Crippen LogP contribution in [0.4, 0.5) is 11.4 Å². The Labute approximate surface area is 178 Å². The first-order valence-electron chi connectivity index (χ1n) is 9.50. The lowest BCUT2D eigenvalue weighted by Gasteiger charge is -2.29. The van der Waals surface area contributed by atoms with Crippen LogP contribution in [0, 0.1) is 6.92 Å². The van der Waals surface area contributed by atoms with E-state index in [0.29, 0.717) is 23.1 Å². The first-order valence-corrected chi connectivity index (χ1v) is 10.5. The summed E-state index contributed by atoms with van der Waals surface area (Å²) in [5, 5.41) is 12.1. The molecule has 4 rings (SSSR count). The quantitative estimate of drug-likeness (QED) is 0.488. The summed E-state index contributed by atoms with van der Waals surface area (Å²) < 4.78 is 1.94. The summed E-state index contributed by atoms with van der Waals surface area (Å²) in [5.74, 6) is 0.512. The van der Waals surface area contributed by atoms with Crippen molar-refractivity contribution in [1.29, 1.82) is 0 Å². The van der Waals surface area contributed by atoms with E-state index in [-0.39, 0.29) is 24.1 Å². The van der Waals surface area contributed by atoms with E-state index < -0.39 is 0 Å². The van der Waals surface area contributed by atoms with Gasteiger partial charge in [-0.2, -0.15) is 0 Å². The lowest BCUT2D eigenvalue weighted by molar-refractivity contribution is -0.120. The van der Waals surface area contributed by atoms with E-state index in [4.69, 9.17) is 0 Å². The molecule has 8 heteroatoms. The molecule has 1 aliphatic heterocycles. The molecule has 2 aromatic carbocycles. The highest BCUT2D eigenvalue weighted by atomic mass is 32.2. The van der Waals surface area contributed by atoms with E-state index in [0.717, 1.165) is 17.0 Å². The Balaban J connectivity index is 1.55. The number of carbonyl (C=O) groups excluding carboxylic acids is 2. The summed E-state index contributed by atoms with van der Waals surface area (Å²) in [6, 6.07) is 15.3. The minimum Gasteiger partial charge on any atom is -0.323 e. The number of hydrogen-bond acceptors (Lipinski definition) is 5. The smallest absolute Gasteiger partial charge is 0.244 e. The maximum Gasteiger partial charge on any atom is 0.244 e. The van der Waals surface area contributed by atoms with Gasteiger partial charge in [0.05, 0.1) is 17.1 Å². The van der Waals surface area contributed by atoms with Crippen molar-refractivity contribution >= 4 is 35.0 Å². The number of rotatable bonds is 6. The van der Waals surface area contributed by atoms with Crippen LogP contribution in [-0.4, -0.2) is 38.9 Å². The Morgan fingerprint density at radius 1 is 1.23 bits per heavy atom. The Bertz CT molecular complexity index is 1120. The van der Waals surface area contributed by atoms with Crippen LogP contribution in [-0.2, 0) is 16.1 Å². The highest BCUT2D eigenvalue weighted by Crippen LogP contribution is 2.30. The van der Waals surface area contributed by atoms with Gasteiger partial charge in [-0.3, -0.25) is 14.2 Å². The Morgan fingerprint density at radius 3 is 2.87 bits per heavy atom. The van der Waals surface area contributed by atoms with E-state index in [1.165, 1.54) is 16.7 Å². The van der Waals surface area contributed by atoms with Gasteiger partial charge >= 0.3 is 0 Å². The van der Waals surface area contributed by atoms with E-state index in [9.17, 15) is 9.59 Å². The highest BCUT2D eigenvalue weighted by molar-refractivity contribution is 7.99. The number of allylic oxidation sites excluding steroid dienone is 1. The molecule has 0 fully saturated rings. The van der Waals surface area contributed by atoms with Gasteiger partial charge in [-0.1, -0.05) is 53.7 Å². The molecule has 7 nitrogen and oxygen atoms in total. The van der Waals surface area contributed by atoms with Crippen molar-refractivity contribution in [2.75, 3.05) is 22.5 Å². The standard InChI is InChI=1S/C22H21N5O2S/c1-3-11-26-21(16-8-6-7-15(2)12-16)24-25-22(26)30-14-20(29)27-13-19(28)23-17-9-4-5-10-18(17)27/h3-10,12H,1,11,13-14H2,2H3,(H,23,28). The first-order chi connectivity index (χ1) is 14.6. The van der Waals surface area contributed by atoms with Crippen LogP contribution >= 0.6 is 11.8 Å². The molecule has 3 aromatic rings. The third-order valence-electron chi connectivity index (χ3n) is 4.70. The van der Waals surface area contributed by atoms with Crippen LogP contribution in [0.5, 0.6) is 0 Å². The summed E-state index contributed by atoms with van der Waals surface area (Å²) in [7, 11) is 0. The van der Waals surface area contributed by atoms with Gasteiger partial charge < -0.3 is 10.2 Å². The molecule has 30 heavy (non-hydrogen) atoms. The fraction of sp³-hybridized carbons (Fsp3) is 0.182. The summed E-state index contributed by atoms with van der Waals surface area (Å²) >= 11 is 1.30. The third-order valence-corrected chi connectivity index (χ3v) is 5.65. The van der Waals surface area contributed by atoms with Crippen molar-refractivity contribution in [3.63, 3.8) is 0 Å². The molecule has 0 aliphatic carbocycles. The molecule has 0 bridgehead atoms. The van der Waals surface area contributed by atoms with Crippen molar-refractivity contribution in [3.8, 4) is 11.4 Å². The van der Waals surface area contributed by atoms with E-state index in [2.05, 4.69) is 22.1 Å². The second-order valence-corrected chi connectivity index (χ2v) is 7.85. The molecule has 2 heterocycles. The lowest BCUT2D eigenvalue weighted by atomic mass is 10.1. The van der Waals surface area contributed by atoms with Gasteiger partial charge in [-0.05, 0) is 25.1 Å². The van der Waals surface area contributed by atoms with Crippen LogP contribution in [0.2, 0.25) is 0 Å². The highest BCUT2D eigenvalue weighted by Gasteiger charge is 2.27. The van der Waals surface area contributed by atoms with Gasteiger partial charge in [0, 0.05) is 12.1 Å². The summed E-state index contributed by atoms with van der Waals surface area (Å²) in [6.07, 6.45) is 1.78. The number of benzene rings is 2. The molecular formula is C22H21N5O2S. The molecule has 0 radical (unpaired) electrons. The minimum atomic E-state index is -0.205. The van der Waals surface area contributed by atoms with E-state index in [1.807, 2.05) is 54.0 Å². The fourth-order valence-electron chi connectivity index (χ4n) is 3.35. The molecule has 2 amide bonds. The Morgan fingerprint density at radius 2 is 2.07 bits per heavy atom. The number of nitrogens with one attached hydrogen (secondary N) is 1. The average Bonchev–Trinajstić information content (AvgIpc) is 3.14. The number of para-hydroxylation sites is 2. The second-order valence-electron chi connectivity index (χ2n) is 6.91. The fourth-order valence-corrected chi connectivity index (χ4v) is 4.17. The molecule has 1 N–H and O–H groups in total. The van der Waals surface area contributed by atoms with Crippen LogP contribution in [0.1, 0.15) is 5.56 Å². The third kappa shape index (κ3) is 3.99. The van der Waals surface area contributed by atoms with Gasteiger partial charge in [0.25, 0.3) is 0 Å². The minimum absolute atomic E-state index is 0.00426. The van der Waals surface area contributed by atoms with Crippen LogP contribution in [0.15, 0.2) is 66.3 Å². The van der Waals surface area contributed by atoms with Crippen molar-refractivity contribution in [3.05, 3.63) is 66.7 Å². The van der Waals surface area contributed by atoms with Gasteiger partial charge in [0.2, 0.25) is 11.8 Å². The normalized spacial score (nSPS) is 13.0. The number of nitrogens with zero attached hydrogens (tertiary/aromatic N) is 4. The second kappa shape index (κ2) is 8.54. The molecule has 0 atom stereocenters. The van der Waals surface area contributed by atoms with Gasteiger partial charge in [0.15, 0.2) is 11.0 Å². The molecule has 0 spiro atoms. The average molecular weight is 420 g/mol. The van der Waals surface area contributed by atoms with Crippen molar-refractivity contribution in [2.45, 2.75) is 18.6 Å². The number of hydrogen-bond donors (Lipinski definition) is 1. The summed E-state index contributed by atoms with van der Waals surface area (Å²) in [6.45, 7) is 6.39. The number of fused-ring (bicyclic) bond motifs is 1. The maximum atomic E-state index is 12.9.